The lowest BCUT2D eigenvalue weighted by atomic mass is 10.0. The Morgan fingerprint density at radius 2 is 2.13 bits per heavy atom. The van der Waals surface area contributed by atoms with Gasteiger partial charge in [0.05, 0.1) is 6.61 Å². The molecule has 1 heterocycles. The molecule has 2 nitrogen and oxygen atoms in total. The molecular formula is C13H27NO. The maximum absolute atomic E-state index is 5.39. The molecule has 0 bridgehead atoms. The lowest BCUT2D eigenvalue weighted by Crippen LogP contribution is -2.33. The van der Waals surface area contributed by atoms with Crippen molar-refractivity contribution in [3.05, 3.63) is 0 Å². The molecule has 1 fully saturated rings. The lowest BCUT2D eigenvalue weighted by molar-refractivity contribution is 0.184. The van der Waals surface area contributed by atoms with E-state index < -0.39 is 0 Å². The molecule has 0 aliphatic carbocycles. The number of rotatable bonds is 8. The average molecular weight is 213 g/mol. The molecular weight excluding hydrogens is 186 g/mol. The molecule has 1 saturated heterocycles. The van der Waals surface area contributed by atoms with Crippen molar-refractivity contribution in [2.24, 2.45) is 5.92 Å². The SMILES string of the molecule is CCCCC(CCC)NCC1CCOC1. The minimum atomic E-state index is 0.746. The normalized spacial score (nSPS) is 23.2. The largest absolute Gasteiger partial charge is 0.381 e. The summed E-state index contributed by atoms with van der Waals surface area (Å²) in [6, 6.07) is 0.746. The molecule has 1 aliphatic heterocycles. The van der Waals surface area contributed by atoms with Crippen LogP contribution in [0.1, 0.15) is 52.4 Å². The van der Waals surface area contributed by atoms with Crippen LogP contribution in [-0.4, -0.2) is 25.8 Å². The fraction of sp³-hybridized carbons (Fsp3) is 1.00. The summed E-state index contributed by atoms with van der Waals surface area (Å²) in [5.41, 5.74) is 0. The van der Waals surface area contributed by atoms with Crippen molar-refractivity contribution < 1.29 is 4.74 Å². The Labute approximate surface area is 94.8 Å². The van der Waals surface area contributed by atoms with E-state index in [1.54, 1.807) is 0 Å². The van der Waals surface area contributed by atoms with Gasteiger partial charge >= 0.3 is 0 Å². The van der Waals surface area contributed by atoms with Crippen molar-refractivity contribution in [1.82, 2.24) is 5.32 Å². The highest BCUT2D eigenvalue weighted by Gasteiger charge is 2.16. The van der Waals surface area contributed by atoms with Crippen molar-refractivity contribution in [2.45, 2.75) is 58.4 Å². The van der Waals surface area contributed by atoms with Gasteiger partial charge in [0.15, 0.2) is 0 Å². The third-order valence-corrected chi connectivity index (χ3v) is 3.26. The van der Waals surface area contributed by atoms with Crippen molar-refractivity contribution in [3.63, 3.8) is 0 Å². The first kappa shape index (κ1) is 13.0. The average Bonchev–Trinajstić information content (AvgIpc) is 2.75. The molecule has 0 aromatic carbocycles. The van der Waals surface area contributed by atoms with Gasteiger partial charge in [0.25, 0.3) is 0 Å². The standard InChI is InChI=1S/C13H27NO/c1-3-5-7-13(6-4-2)14-10-12-8-9-15-11-12/h12-14H,3-11H2,1-2H3. The van der Waals surface area contributed by atoms with Gasteiger partial charge in [-0.05, 0) is 25.2 Å². The summed E-state index contributed by atoms with van der Waals surface area (Å²) in [5.74, 6) is 0.769. The van der Waals surface area contributed by atoms with E-state index in [-0.39, 0.29) is 0 Å². The number of ether oxygens (including phenoxy) is 1. The van der Waals surface area contributed by atoms with E-state index in [1.807, 2.05) is 0 Å². The summed E-state index contributed by atoms with van der Waals surface area (Å²) >= 11 is 0. The molecule has 0 amide bonds. The molecule has 2 atom stereocenters. The van der Waals surface area contributed by atoms with Crippen molar-refractivity contribution in [1.29, 1.82) is 0 Å². The minimum Gasteiger partial charge on any atom is -0.381 e. The summed E-state index contributed by atoms with van der Waals surface area (Å²) in [5, 5.41) is 3.72. The Morgan fingerprint density at radius 3 is 2.73 bits per heavy atom. The Morgan fingerprint density at radius 1 is 1.27 bits per heavy atom. The van der Waals surface area contributed by atoms with E-state index in [0.29, 0.717) is 0 Å². The lowest BCUT2D eigenvalue weighted by Gasteiger charge is -2.19. The van der Waals surface area contributed by atoms with Crippen molar-refractivity contribution in [2.75, 3.05) is 19.8 Å². The second kappa shape index (κ2) is 8.12. The van der Waals surface area contributed by atoms with Gasteiger partial charge < -0.3 is 10.1 Å². The fourth-order valence-corrected chi connectivity index (χ4v) is 2.23. The minimum absolute atomic E-state index is 0.746. The van der Waals surface area contributed by atoms with E-state index in [9.17, 15) is 0 Å². The van der Waals surface area contributed by atoms with Crippen LogP contribution in [0.2, 0.25) is 0 Å². The van der Waals surface area contributed by atoms with E-state index in [1.165, 1.54) is 38.5 Å². The summed E-state index contributed by atoms with van der Waals surface area (Å²) in [6.07, 6.45) is 7.89. The Balaban J connectivity index is 2.11. The molecule has 15 heavy (non-hydrogen) atoms. The summed E-state index contributed by atoms with van der Waals surface area (Å²) in [6.45, 7) is 7.65. The topological polar surface area (TPSA) is 21.3 Å². The number of unbranched alkanes of at least 4 members (excludes halogenated alkanes) is 1. The van der Waals surface area contributed by atoms with Crippen molar-refractivity contribution in [3.8, 4) is 0 Å². The van der Waals surface area contributed by atoms with Crippen LogP contribution in [0.15, 0.2) is 0 Å². The molecule has 0 saturated carbocycles. The Bertz CT molecular complexity index is 143. The van der Waals surface area contributed by atoms with Crippen LogP contribution >= 0.6 is 0 Å². The zero-order valence-corrected chi connectivity index (χ0v) is 10.4. The van der Waals surface area contributed by atoms with Gasteiger partial charge in [0.1, 0.15) is 0 Å². The highest BCUT2D eigenvalue weighted by atomic mass is 16.5. The first-order chi connectivity index (χ1) is 7.36. The molecule has 2 unspecified atom stereocenters. The van der Waals surface area contributed by atoms with Gasteiger partial charge in [-0.1, -0.05) is 33.1 Å². The van der Waals surface area contributed by atoms with Crippen LogP contribution in [0.25, 0.3) is 0 Å². The molecule has 1 aliphatic rings. The van der Waals surface area contributed by atoms with Crippen LogP contribution in [0.3, 0.4) is 0 Å². The fourth-order valence-electron chi connectivity index (χ4n) is 2.23. The van der Waals surface area contributed by atoms with E-state index in [0.717, 1.165) is 31.7 Å². The van der Waals surface area contributed by atoms with Crippen LogP contribution in [0, 0.1) is 5.92 Å². The number of hydrogen-bond acceptors (Lipinski definition) is 2. The number of nitrogens with one attached hydrogen (secondary N) is 1. The van der Waals surface area contributed by atoms with Crippen molar-refractivity contribution >= 4 is 0 Å². The molecule has 0 aromatic heterocycles. The van der Waals surface area contributed by atoms with Gasteiger partial charge in [-0.3, -0.25) is 0 Å². The van der Waals surface area contributed by atoms with Gasteiger partial charge in [-0.2, -0.15) is 0 Å². The second-order valence-electron chi connectivity index (χ2n) is 4.77. The molecule has 0 radical (unpaired) electrons. The molecule has 0 spiro atoms. The molecule has 0 aromatic rings. The molecule has 2 heteroatoms. The first-order valence-corrected chi connectivity index (χ1v) is 6.68. The highest BCUT2D eigenvalue weighted by molar-refractivity contribution is 4.72. The van der Waals surface area contributed by atoms with Crippen LogP contribution in [-0.2, 0) is 4.74 Å². The maximum Gasteiger partial charge on any atom is 0.0507 e. The summed E-state index contributed by atoms with van der Waals surface area (Å²) in [4.78, 5) is 0. The van der Waals surface area contributed by atoms with E-state index in [2.05, 4.69) is 19.2 Å². The summed E-state index contributed by atoms with van der Waals surface area (Å²) in [7, 11) is 0. The summed E-state index contributed by atoms with van der Waals surface area (Å²) < 4.78 is 5.39. The number of hydrogen-bond donors (Lipinski definition) is 1. The third-order valence-electron chi connectivity index (χ3n) is 3.26. The van der Waals surface area contributed by atoms with Gasteiger partial charge in [-0.15, -0.1) is 0 Å². The van der Waals surface area contributed by atoms with Crippen LogP contribution in [0.4, 0.5) is 0 Å². The Kier molecular flexibility index (Phi) is 7.03. The van der Waals surface area contributed by atoms with Gasteiger partial charge in [0, 0.05) is 19.2 Å². The predicted octanol–water partition coefficient (Wildman–Crippen LogP) is 2.97. The quantitative estimate of drug-likeness (QED) is 0.669. The Hall–Kier alpha value is -0.0800. The first-order valence-electron chi connectivity index (χ1n) is 6.68. The second-order valence-corrected chi connectivity index (χ2v) is 4.77. The van der Waals surface area contributed by atoms with Gasteiger partial charge in [-0.25, -0.2) is 0 Å². The monoisotopic (exact) mass is 213 g/mol. The zero-order chi connectivity index (χ0) is 10.9. The molecule has 1 N–H and O–H groups in total. The molecule has 1 rings (SSSR count). The predicted molar refractivity (Wildman–Crippen MR) is 65.1 cm³/mol. The van der Waals surface area contributed by atoms with Gasteiger partial charge in [0.2, 0.25) is 0 Å². The maximum atomic E-state index is 5.39. The van der Waals surface area contributed by atoms with Crippen LogP contribution in [0.5, 0.6) is 0 Å². The molecule has 90 valence electrons. The van der Waals surface area contributed by atoms with E-state index >= 15 is 0 Å². The zero-order valence-electron chi connectivity index (χ0n) is 10.4. The smallest absolute Gasteiger partial charge is 0.0507 e. The van der Waals surface area contributed by atoms with Crippen LogP contribution < -0.4 is 5.32 Å². The highest BCUT2D eigenvalue weighted by Crippen LogP contribution is 2.13. The third kappa shape index (κ3) is 5.53. The van der Waals surface area contributed by atoms with E-state index in [4.69, 9.17) is 4.74 Å².